The Labute approximate surface area is 185 Å². The second-order valence-electron chi connectivity index (χ2n) is 7.77. The van der Waals surface area contributed by atoms with E-state index in [9.17, 15) is 9.59 Å². The molecule has 8 heteroatoms. The Bertz CT molecular complexity index is 1070. The largest absolute Gasteiger partial charge is 0.370 e. The predicted molar refractivity (Wildman–Crippen MR) is 120 cm³/mol. The van der Waals surface area contributed by atoms with Crippen LogP contribution in [0, 0.1) is 0 Å². The van der Waals surface area contributed by atoms with E-state index in [1.165, 1.54) is 11.3 Å². The maximum absolute atomic E-state index is 12.9. The normalized spacial score (nSPS) is 16.5. The zero-order chi connectivity index (χ0) is 21.8. The van der Waals surface area contributed by atoms with E-state index in [1.54, 1.807) is 31.4 Å². The highest BCUT2D eigenvalue weighted by Crippen LogP contribution is 2.37. The van der Waals surface area contributed by atoms with Crippen molar-refractivity contribution in [2.45, 2.75) is 25.4 Å². The van der Waals surface area contributed by atoms with Gasteiger partial charge in [-0.3, -0.25) is 14.6 Å². The Morgan fingerprint density at radius 3 is 2.81 bits per heavy atom. The highest BCUT2D eigenvalue weighted by molar-refractivity contribution is 7.20. The van der Waals surface area contributed by atoms with Gasteiger partial charge in [-0.1, -0.05) is 12.1 Å². The first kappa shape index (κ1) is 21.4. The molecule has 2 amide bonds. The topological polar surface area (TPSA) is 75.6 Å². The summed E-state index contributed by atoms with van der Waals surface area (Å²) in [6.45, 7) is 1.46. The van der Waals surface area contributed by atoms with Crippen molar-refractivity contribution in [3.63, 3.8) is 0 Å². The Hall–Kier alpha value is -2.84. The van der Waals surface area contributed by atoms with Crippen LogP contribution in [0.1, 0.15) is 39.9 Å². The first-order chi connectivity index (χ1) is 15.0. The number of thiophene rings is 1. The number of morpholine rings is 1. The molecule has 162 valence electrons. The van der Waals surface area contributed by atoms with Crippen LogP contribution >= 0.6 is 11.3 Å². The van der Waals surface area contributed by atoms with Crippen molar-refractivity contribution >= 4 is 33.4 Å². The molecule has 0 saturated carbocycles. The molecular formula is C23H26N4O3S. The van der Waals surface area contributed by atoms with Crippen LogP contribution in [0.2, 0.25) is 0 Å². The van der Waals surface area contributed by atoms with Crippen molar-refractivity contribution in [2.24, 2.45) is 0 Å². The number of carbonyl (C=O) groups excluding carboxylic acids is 2. The summed E-state index contributed by atoms with van der Waals surface area (Å²) in [5.74, 6) is 0.0442. The summed E-state index contributed by atoms with van der Waals surface area (Å²) in [5, 5.41) is 0.923. The molecule has 31 heavy (non-hydrogen) atoms. The van der Waals surface area contributed by atoms with Gasteiger partial charge in [-0.25, -0.2) is 4.98 Å². The summed E-state index contributed by atoms with van der Waals surface area (Å²) in [5.41, 5.74) is 1.84. The Kier molecular flexibility index (Phi) is 6.58. The average molecular weight is 439 g/mol. The molecule has 4 rings (SSSR count). The number of amides is 2. The summed E-state index contributed by atoms with van der Waals surface area (Å²) in [4.78, 5) is 39.3. The number of hydrogen-bond acceptors (Lipinski definition) is 6. The van der Waals surface area contributed by atoms with Crippen LogP contribution < -0.4 is 0 Å². The minimum atomic E-state index is -0.342. The molecule has 0 aromatic carbocycles. The summed E-state index contributed by atoms with van der Waals surface area (Å²) < 4.78 is 6.06. The zero-order valence-electron chi connectivity index (χ0n) is 17.8. The van der Waals surface area contributed by atoms with Crippen LogP contribution in [0.4, 0.5) is 0 Å². The second kappa shape index (κ2) is 9.53. The summed E-state index contributed by atoms with van der Waals surface area (Å²) in [7, 11) is 3.48. The average Bonchev–Trinajstić information content (AvgIpc) is 3.18. The molecule has 4 heterocycles. The molecule has 3 aromatic heterocycles. The number of pyridine rings is 2. The Balaban J connectivity index is 1.49. The smallest absolute Gasteiger partial charge is 0.263 e. The van der Waals surface area contributed by atoms with E-state index >= 15 is 0 Å². The van der Waals surface area contributed by atoms with Gasteiger partial charge in [0.25, 0.3) is 5.91 Å². The molecule has 0 bridgehead atoms. The van der Waals surface area contributed by atoms with Crippen molar-refractivity contribution in [1.29, 1.82) is 0 Å². The van der Waals surface area contributed by atoms with Crippen molar-refractivity contribution in [1.82, 2.24) is 19.8 Å². The van der Waals surface area contributed by atoms with Gasteiger partial charge in [0.15, 0.2) is 0 Å². The van der Waals surface area contributed by atoms with E-state index in [1.807, 2.05) is 35.2 Å². The van der Waals surface area contributed by atoms with Crippen molar-refractivity contribution < 1.29 is 14.3 Å². The SMILES string of the molecule is CN(C)C(=O)c1sc2ncccc2c1[C@@H]1CN(C(=O)CCCc2ccccn2)CCO1. The van der Waals surface area contributed by atoms with Gasteiger partial charge in [-0.05, 0) is 31.0 Å². The maximum atomic E-state index is 12.9. The number of nitrogens with zero attached hydrogens (tertiary/aromatic N) is 4. The number of carbonyl (C=O) groups is 2. The third-order valence-electron chi connectivity index (χ3n) is 5.40. The van der Waals surface area contributed by atoms with Gasteiger partial charge in [0.2, 0.25) is 5.91 Å². The monoisotopic (exact) mass is 438 g/mol. The molecule has 0 spiro atoms. The third-order valence-corrected chi connectivity index (χ3v) is 6.51. The van der Waals surface area contributed by atoms with Crippen LogP contribution in [0.25, 0.3) is 10.2 Å². The number of aromatic nitrogens is 2. The lowest BCUT2D eigenvalue weighted by molar-refractivity contribution is -0.139. The summed E-state index contributed by atoms with van der Waals surface area (Å²) >= 11 is 1.38. The Morgan fingerprint density at radius 1 is 1.19 bits per heavy atom. The van der Waals surface area contributed by atoms with Gasteiger partial charge in [0.05, 0.1) is 13.2 Å². The van der Waals surface area contributed by atoms with Gasteiger partial charge >= 0.3 is 0 Å². The third kappa shape index (κ3) is 4.75. The van der Waals surface area contributed by atoms with Gasteiger partial charge in [0, 0.05) is 56.1 Å². The molecule has 0 radical (unpaired) electrons. The molecule has 0 aliphatic carbocycles. The zero-order valence-corrected chi connectivity index (χ0v) is 18.6. The quantitative estimate of drug-likeness (QED) is 0.590. The minimum absolute atomic E-state index is 0.0691. The van der Waals surface area contributed by atoms with E-state index in [-0.39, 0.29) is 17.9 Å². The molecule has 0 unspecified atom stereocenters. The number of aryl methyl sites for hydroxylation is 1. The first-order valence-electron chi connectivity index (χ1n) is 10.4. The molecule has 1 fully saturated rings. The van der Waals surface area contributed by atoms with Crippen LogP contribution in [-0.2, 0) is 16.0 Å². The summed E-state index contributed by atoms with van der Waals surface area (Å²) in [6.07, 6.45) is 5.17. The van der Waals surface area contributed by atoms with E-state index in [0.717, 1.165) is 34.3 Å². The fourth-order valence-electron chi connectivity index (χ4n) is 3.81. The molecule has 3 aromatic rings. The lowest BCUT2D eigenvalue weighted by Gasteiger charge is -2.33. The van der Waals surface area contributed by atoms with Crippen molar-refractivity contribution in [2.75, 3.05) is 33.8 Å². The van der Waals surface area contributed by atoms with E-state index < -0.39 is 0 Å². The van der Waals surface area contributed by atoms with Gasteiger partial charge < -0.3 is 14.5 Å². The van der Waals surface area contributed by atoms with E-state index in [0.29, 0.717) is 31.0 Å². The molecule has 1 aliphatic heterocycles. The fraction of sp³-hybridized carbons (Fsp3) is 0.391. The van der Waals surface area contributed by atoms with Gasteiger partial charge in [0.1, 0.15) is 15.8 Å². The van der Waals surface area contributed by atoms with E-state index in [4.69, 9.17) is 4.74 Å². The van der Waals surface area contributed by atoms with E-state index in [2.05, 4.69) is 9.97 Å². The van der Waals surface area contributed by atoms with Gasteiger partial charge in [-0.15, -0.1) is 11.3 Å². The van der Waals surface area contributed by atoms with Crippen LogP contribution in [0.5, 0.6) is 0 Å². The van der Waals surface area contributed by atoms with Crippen LogP contribution in [0.15, 0.2) is 42.7 Å². The molecule has 1 atom stereocenters. The van der Waals surface area contributed by atoms with Crippen LogP contribution in [-0.4, -0.2) is 65.4 Å². The second-order valence-corrected chi connectivity index (χ2v) is 8.77. The molecule has 1 aliphatic rings. The number of hydrogen-bond donors (Lipinski definition) is 0. The Morgan fingerprint density at radius 2 is 2.03 bits per heavy atom. The highest BCUT2D eigenvalue weighted by Gasteiger charge is 2.32. The molecule has 0 N–H and O–H groups in total. The first-order valence-corrected chi connectivity index (χ1v) is 11.2. The van der Waals surface area contributed by atoms with Crippen molar-refractivity contribution in [3.05, 3.63) is 58.9 Å². The molecular weight excluding hydrogens is 412 g/mol. The molecule has 7 nitrogen and oxygen atoms in total. The van der Waals surface area contributed by atoms with Crippen molar-refractivity contribution in [3.8, 4) is 0 Å². The number of ether oxygens (including phenoxy) is 1. The standard InChI is InChI=1S/C23H26N4O3S/c1-26(2)23(29)21-20(17-9-6-12-25-22(17)31-21)18-15-27(13-14-30-18)19(28)10-5-8-16-7-3-4-11-24-16/h3-4,6-7,9,11-12,18H,5,8,10,13-15H2,1-2H3/t18-/m0/s1. The minimum Gasteiger partial charge on any atom is -0.370 e. The lowest BCUT2D eigenvalue weighted by Crippen LogP contribution is -2.42. The maximum Gasteiger partial charge on any atom is 0.263 e. The fourth-order valence-corrected chi connectivity index (χ4v) is 5.02. The number of rotatable bonds is 6. The molecule has 1 saturated heterocycles. The lowest BCUT2D eigenvalue weighted by atomic mass is 10.0. The predicted octanol–water partition coefficient (Wildman–Crippen LogP) is 3.32. The highest BCUT2D eigenvalue weighted by atomic mass is 32.1. The summed E-state index contributed by atoms with van der Waals surface area (Å²) in [6, 6.07) is 9.67. The number of fused-ring (bicyclic) bond motifs is 1. The van der Waals surface area contributed by atoms with Crippen LogP contribution in [0.3, 0.4) is 0 Å². The van der Waals surface area contributed by atoms with Gasteiger partial charge in [-0.2, -0.15) is 0 Å².